The maximum absolute atomic E-state index is 12.6. The second-order valence-electron chi connectivity index (χ2n) is 15.0. The van der Waals surface area contributed by atoms with Crippen molar-refractivity contribution >= 4 is 13.8 Å². The molecule has 8 nitrogen and oxygen atoms in total. The molecule has 0 bridgehead atoms. The predicted octanol–water partition coefficient (Wildman–Crippen LogP) is 11.7. The number of phosphoric ester groups is 1. The van der Waals surface area contributed by atoms with Gasteiger partial charge >= 0.3 is 5.97 Å². The molecule has 0 amide bonds. The highest BCUT2D eigenvalue weighted by Gasteiger charge is 2.20. The Hall–Kier alpha value is -2.06. The Bertz CT molecular complexity index is 1090. The first-order chi connectivity index (χ1) is 26.1. The summed E-state index contributed by atoms with van der Waals surface area (Å²) >= 11 is 0. The number of likely N-dealkylation sites (N-methyl/N-ethyl adjacent to an activating group) is 1. The summed E-state index contributed by atoms with van der Waals surface area (Å²) in [5.74, 6) is -0.419. The van der Waals surface area contributed by atoms with Crippen LogP contribution in [-0.4, -0.2) is 70.7 Å². The van der Waals surface area contributed by atoms with Gasteiger partial charge in [-0.05, 0) is 70.6 Å². The number of quaternary nitrogens is 1. The Morgan fingerprint density at radius 1 is 0.593 bits per heavy atom. The van der Waals surface area contributed by atoms with Gasteiger partial charge in [-0.1, -0.05) is 145 Å². The maximum atomic E-state index is 12.6. The third-order valence-corrected chi connectivity index (χ3v) is 9.47. The minimum absolute atomic E-state index is 0.00878. The van der Waals surface area contributed by atoms with Crippen molar-refractivity contribution in [3.05, 3.63) is 72.9 Å². The van der Waals surface area contributed by atoms with E-state index in [1.54, 1.807) is 0 Å². The Kier molecular flexibility index (Phi) is 36.4. The number of ether oxygens (including phenoxy) is 2. The lowest BCUT2D eigenvalue weighted by molar-refractivity contribution is -0.870. The van der Waals surface area contributed by atoms with Crippen molar-refractivity contribution in [3.8, 4) is 0 Å². The van der Waals surface area contributed by atoms with Gasteiger partial charge in [-0.15, -0.1) is 0 Å². The SMILES string of the molecule is CC/C=C\C/C=C\C/C=C\C/C=C\CCC(=O)OC(COCCCCCCCCCC/C=C\C/C=C\CCCCCC)COP(=O)([O-])OCC[N+](C)(C)C. The van der Waals surface area contributed by atoms with Gasteiger partial charge in [0.1, 0.15) is 19.3 Å². The number of hydrogen-bond donors (Lipinski definition) is 0. The third kappa shape index (κ3) is 41.1. The second kappa shape index (κ2) is 37.8. The third-order valence-electron chi connectivity index (χ3n) is 8.51. The van der Waals surface area contributed by atoms with Crippen LogP contribution < -0.4 is 4.89 Å². The number of esters is 1. The zero-order valence-corrected chi connectivity index (χ0v) is 36.0. The number of rotatable bonds is 38. The molecule has 0 aliphatic rings. The van der Waals surface area contributed by atoms with E-state index in [1.807, 2.05) is 33.3 Å². The lowest BCUT2D eigenvalue weighted by atomic mass is 10.1. The molecule has 0 saturated heterocycles. The Labute approximate surface area is 332 Å². The molecule has 312 valence electrons. The molecule has 0 aromatic carbocycles. The summed E-state index contributed by atoms with van der Waals surface area (Å²) in [6.07, 6.45) is 47.9. The van der Waals surface area contributed by atoms with Crippen molar-refractivity contribution in [2.24, 2.45) is 0 Å². The predicted molar refractivity (Wildman–Crippen MR) is 226 cm³/mol. The Balaban J connectivity index is 4.33. The molecule has 0 rings (SSSR count). The van der Waals surface area contributed by atoms with Gasteiger partial charge in [-0.3, -0.25) is 9.36 Å². The Morgan fingerprint density at radius 3 is 1.61 bits per heavy atom. The van der Waals surface area contributed by atoms with Gasteiger partial charge < -0.3 is 27.9 Å². The summed E-state index contributed by atoms with van der Waals surface area (Å²) in [7, 11) is 1.30. The maximum Gasteiger partial charge on any atom is 0.306 e. The molecule has 54 heavy (non-hydrogen) atoms. The monoisotopic (exact) mass is 778 g/mol. The molecule has 0 aromatic rings. The summed E-state index contributed by atoms with van der Waals surface area (Å²) in [4.78, 5) is 24.9. The van der Waals surface area contributed by atoms with Crippen molar-refractivity contribution in [1.82, 2.24) is 0 Å². The highest BCUT2D eigenvalue weighted by Crippen LogP contribution is 2.38. The van der Waals surface area contributed by atoms with Gasteiger partial charge in [0.15, 0.2) is 0 Å². The summed E-state index contributed by atoms with van der Waals surface area (Å²) in [5.41, 5.74) is 0. The van der Waals surface area contributed by atoms with E-state index in [-0.39, 0.29) is 26.2 Å². The summed E-state index contributed by atoms with van der Waals surface area (Å²) in [6.45, 7) is 5.14. The largest absolute Gasteiger partial charge is 0.756 e. The number of carbonyl (C=O) groups is 1. The average molecular weight is 778 g/mol. The number of allylic oxidation sites excluding steroid dienone is 12. The van der Waals surface area contributed by atoms with Crippen LogP contribution in [0.15, 0.2) is 72.9 Å². The van der Waals surface area contributed by atoms with Crippen LogP contribution in [0.2, 0.25) is 0 Å². The van der Waals surface area contributed by atoms with Gasteiger partial charge in [-0.2, -0.15) is 0 Å². The van der Waals surface area contributed by atoms with Gasteiger partial charge in [0.25, 0.3) is 7.82 Å². The second-order valence-corrected chi connectivity index (χ2v) is 16.4. The molecular formula is C45H80NO7P. The fourth-order valence-corrected chi connectivity index (χ4v) is 5.96. The quantitative estimate of drug-likeness (QED) is 0.0202. The molecule has 0 radical (unpaired) electrons. The van der Waals surface area contributed by atoms with E-state index in [1.165, 1.54) is 70.6 Å². The first-order valence-corrected chi connectivity index (χ1v) is 22.6. The van der Waals surface area contributed by atoms with Crippen LogP contribution in [0.3, 0.4) is 0 Å². The fraction of sp³-hybridized carbons (Fsp3) is 0.711. The average Bonchev–Trinajstić information content (AvgIpc) is 3.12. The first-order valence-electron chi connectivity index (χ1n) is 21.2. The molecule has 9 heteroatoms. The van der Waals surface area contributed by atoms with E-state index in [2.05, 4.69) is 74.6 Å². The molecule has 2 unspecified atom stereocenters. The van der Waals surface area contributed by atoms with Crippen LogP contribution in [0, 0.1) is 0 Å². The van der Waals surface area contributed by atoms with E-state index >= 15 is 0 Å². The molecule has 0 fully saturated rings. The summed E-state index contributed by atoms with van der Waals surface area (Å²) in [6, 6.07) is 0. The smallest absolute Gasteiger partial charge is 0.306 e. The van der Waals surface area contributed by atoms with Crippen LogP contribution in [0.25, 0.3) is 0 Å². The van der Waals surface area contributed by atoms with Gasteiger partial charge in [0.05, 0.1) is 34.4 Å². The topological polar surface area (TPSA) is 94.1 Å². The first kappa shape index (κ1) is 51.9. The highest BCUT2D eigenvalue weighted by molar-refractivity contribution is 7.45. The molecule has 0 saturated carbocycles. The standard InChI is InChI=1S/C45H80NO7P/c1-6-8-10-12-14-16-18-20-21-22-23-24-25-27-29-31-33-35-37-40-50-42-44(43-52-54(48,49)51-41-39-46(3,4)5)53-45(47)38-36-34-32-30-28-26-19-17-15-13-11-9-7-2/h9,11,15-18,21-22,26,28,32,34,44H,6-8,10,12-14,19-20,23-25,27,29-31,33,35-43H2,1-5H3/b11-9-,17-15-,18-16-,22-21-,28-26-,34-32-. The zero-order valence-electron chi connectivity index (χ0n) is 35.1. The molecular weight excluding hydrogens is 697 g/mol. The molecule has 0 aliphatic carbocycles. The van der Waals surface area contributed by atoms with Crippen LogP contribution in [-0.2, 0) is 27.9 Å². The molecule has 2 atom stereocenters. The van der Waals surface area contributed by atoms with E-state index in [4.69, 9.17) is 18.5 Å². The number of carbonyl (C=O) groups excluding carboxylic acids is 1. The van der Waals surface area contributed by atoms with Crippen LogP contribution in [0.1, 0.15) is 149 Å². The van der Waals surface area contributed by atoms with Crippen molar-refractivity contribution in [2.75, 3.05) is 54.1 Å². The minimum atomic E-state index is -4.55. The summed E-state index contributed by atoms with van der Waals surface area (Å²) in [5, 5.41) is 0. The van der Waals surface area contributed by atoms with Crippen molar-refractivity contribution in [3.63, 3.8) is 0 Å². The van der Waals surface area contributed by atoms with E-state index in [0.29, 0.717) is 24.1 Å². The van der Waals surface area contributed by atoms with E-state index in [9.17, 15) is 14.3 Å². The van der Waals surface area contributed by atoms with E-state index < -0.39 is 19.9 Å². The number of hydrogen-bond acceptors (Lipinski definition) is 7. The number of phosphoric acid groups is 1. The van der Waals surface area contributed by atoms with Crippen molar-refractivity contribution in [2.45, 2.75) is 155 Å². The van der Waals surface area contributed by atoms with Crippen LogP contribution in [0.5, 0.6) is 0 Å². The van der Waals surface area contributed by atoms with Crippen LogP contribution in [0.4, 0.5) is 0 Å². The summed E-state index contributed by atoms with van der Waals surface area (Å²) < 4.78 is 34.4. The van der Waals surface area contributed by atoms with Gasteiger partial charge in [-0.25, -0.2) is 0 Å². The molecule has 0 spiro atoms. The molecule has 0 heterocycles. The molecule has 0 N–H and O–H groups in total. The zero-order chi connectivity index (χ0) is 39.9. The van der Waals surface area contributed by atoms with Gasteiger partial charge in [0.2, 0.25) is 0 Å². The number of nitrogens with zero attached hydrogens (tertiary/aromatic N) is 1. The molecule has 0 aliphatic heterocycles. The lowest BCUT2D eigenvalue weighted by Crippen LogP contribution is -2.37. The van der Waals surface area contributed by atoms with Gasteiger partial charge in [0, 0.05) is 13.0 Å². The fourth-order valence-electron chi connectivity index (χ4n) is 5.24. The number of unbranched alkanes of at least 4 members (excludes halogenated alkanes) is 12. The van der Waals surface area contributed by atoms with Crippen molar-refractivity contribution < 1.29 is 37.3 Å². The van der Waals surface area contributed by atoms with E-state index in [0.717, 1.165) is 51.4 Å². The Morgan fingerprint density at radius 2 is 1.07 bits per heavy atom. The molecule has 0 aromatic heterocycles. The lowest BCUT2D eigenvalue weighted by Gasteiger charge is -2.28. The highest BCUT2D eigenvalue weighted by atomic mass is 31.2. The van der Waals surface area contributed by atoms with Crippen molar-refractivity contribution in [1.29, 1.82) is 0 Å². The minimum Gasteiger partial charge on any atom is -0.756 e. The van der Waals surface area contributed by atoms with Crippen LogP contribution >= 0.6 is 7.82 Å². The normalized spacial score (nSPS) is 14.6.